The zero-order valence-electron chi connectivity index (χ0n) is 15.9. The third kappa shape index (κ3) is 3.26. The number of carbonyl (C=O) groups excluding carboxylic acids is 2. The summed E-state index contributed by atoms with van der Waals surface area (Å²) in [4.78, 5) is 33.2. The van der Waals surface area contributed by atoms with Crippen molar-refractivity contribution in [1.29, 1.82) is 0 Å². The van der Waals surface area contributed by atoms with Crippen LogP contribution in [0.5, 0.6) is 0 Å². The standard InChI is InChI=1S/C21H22ClN3O2S/c1-23-11-9-14(10-12-23)24(2)19-18(17-8-5-13-28-17)20(26)25(21(19)27)16-7-4-3-6-15(16)22/h3-8,13-14H,9-12H2,1-2H3. The Bertz CT molecular complexity index is 933. The maximum absolute atomic E-state index is 13.5. The summed E-state index contributed by atoms with van der Waals surface area (Å²) in [7, 11) is 4.04. The minimum absolute atomic E-state index is 0.226. The summed E-state index contributed by atoms with van der Waals surface area (Å²) < 4.78 is 0. The molecule has 2 aromatic rings. The molecule has 0 spiro atoms. The predicted octanol–water partition coefficient (Wildman–Crippen LogP) is 3.71. The maximum Gasteiger partial charge on any atom is 0.282 e. The van der Waals surface area contributed by atoms with Crippen molar-refractivity contribution in [3.8, 4) is 0 Å². The van der Waals surface area contributed by atoms with E-state index in [1.165, 1.54) is 16.2 Å². The van der Waals surface area contributed by atoms with Gasteiger partial charge in [-0.3, -0.25) is 9.59 Å². The highest BCUT2D eigenvalue weighted by molar-refractivity contribution is 7.11. The lowest BCUT2D eigenvalue weighted by Gasteiger charge is -2.36. The highest BCUT2D eigenvalue weighted by atomic mass is 35.5. The van der Waals surface area contributed by atoms with Crippen LogP contribution in [-0.2, 0) is 9.59 Å². The molecule has 0 N–H and O–H groups in total. The van der Waals surface area contributed by atoms with Crippen LogP contribution in [-0.4, -0.2) is 54.8 Å². The van der Waals surface area contributed by atoms with E-state index in [9.17, 15) is 9.59 Å². The van der Waals surface area contributed by atoms with Crippen molar-refractivity contribution in [3.05, 3.63) is 57.4 Å². The van der Waals surface area contributed by atoms with E-state index in [0.717, 1.165) is 30.8 Å². The van der Waals surface area contributed by atoms with E-state index in [4.69, 9.17) is 11.6 Å². The number of anilines is 1. The first-order chi connectivity index (χ1) is 13.5. The minimum atomic E-state index is -0.310. The highest BCUT2D eigenvalue weighted by Gasteiger charge is 2.44. The van der Waals surface area contributed by atoms with Crippen molar-refractivity contribution in [2.75, 3.05) is 32.1 Å². The van der Waals surface area contributed by atoms with Crippen LogP contribution in [0.2, 0.25) is 5.02 Å². The van der Waals surface area contributed by atoms with Gasteiger partial charge < -0.3 is 9.80 Å². The van der Waals surface area contributed by atoms with Gasteiger partial charge in [-0.25, -0.2) is 4.90 Å². The minimum Gasteiger partial charge on any atom is -0.366 e. The molecule has 4 rings (SSSR count). The van der Waals surface area contributed by atoms with Crippen LogP contribution < -0.4 is 4.90 Å². The van der Waals surface area contributed by atoms with Gasteiger partial charge in [0.1, 0.15) is 5.70 Å². The summed E-state index contributed by atoms with van der Waals surface area (Å²) in [5, 5.41) is 2.31. The maximum atomic E-state index is 13.5. The summed E-state index contributed by atoms with van der Waals surface area (Å²) >= 11 is 7.79. The van der Waals surface area contributed by atoms with Gasteiger partial charge in [0.05, 0.1) is 16.3 Å². The second-order valence-corrected chi connectivity index (χ2v) is 8.60. The molecule has 2 aliphatic heterocycles. The van der Waals surface area contributed by atoms with E-state index < -0.39 is 0 Å². The van der Waals surface area contributed by atoms with Crippen LogP contribution in [0.15, 0.2) is 47.5 Å². The van der Waals surface area contributed by atoms with E-state index >= 15 is 0 Å². The number of amides is 2. The third-order valence-electron chi connectivity index (χ3n) is 5.51. The summed E-state index contributed by atoms with van der Waals surface area (Å²) in [6.07, 6.45) is 1.92. The molecule has 0 aliphatic carbocycles. The normalized spacial score (nSPS) is 19.0. The number of carbonyl (C=O) groups is 2. The number of halogens is 1. The summed E-state index contributed by atoms with van der Waals surface area (Å²) in [6.45, 7) is 1.96. The molecule has 1 aromatic heterocycles. The van der Waals surface area contributed by atoms with Crippen LogP contribution in [0, 0.1) is 0 Å². The molecule has 0 radical (unpaired) electrons. The molecule has 5 nitrogen and oxygen atoms in total. The van der Waals surface area contributed by atoms with Crippen LogP contribution in [0.1, 0.15) is 17.7 Å². The Morgan fingerprint density at radius 1 is 1.07 bits per heavy atom. The van der Waals surface area contributed by atoms with Gasteiger partial charge >= 0.3 is 0 Å². The fraction of sp³-hybridized carbons (Fsp3) is 0.333. The lowest BCUT2D eigenvalue weighted by atomic mass is 10.0. The summed E-state index contributed by atoms with van der Waals surface area (Å²) in [5.74, 6) is -0.613. The van der Waals surface area contributed by atoms with Gasteiger partial charge in [0.2, 0.25) is 0 Å². The predicted molar refractivity (Wildman–Crippen MR) is 113 cm³/mol. The Morgan fingerprint density at radius 3 is 2.43 bits per heavy atom. The molecule has 28 heavy (non-hydrogen) atoms. The van der Waals surface area contributed by atoms with Crippen molar-refractivity contribution < 1.29 is 9.59 Å². The number of likely N-dealkylation sites (N-methyl/N-ethyl adjacent to an activating group) is 1. The van der Waals surface area contributed by atoms with E-state index in [1.807, 2.05) is 29.5 Å². The molecule has 146 valence electrons. The van der Waals surface area contributed by atoms with Crippen molar-refractivity contribution in [1.82, 2.24) is 9.80 Å². The zero-order chi connectivity index (χ0) is 19.8. The van der Waals surface area contributed by atoms with Gasteiger partial charge in [0.15, 0.2) is 0 Å². The Balaban J connectivity index is 1.77. The SMILES string of the molecule is CN1CCC(N(C)C2=C(c3cccs3)C(=O)N(c3ccccc3Cl)C2=O)CC1. The largest absolute Gasteiger partial charge is 0.366 e. The Labute approximate surface area is 173 Å². The Morgan fingerprint density at radius 2 is 1.79 bits per heavy atom. The summed E-state index contributed by atoms with van der Waals surface area (Å²) in [6, 6.07) is 11.0. The lowest BCUT2D eigenvalue weighted by Crippen LogP contribution is -2.43. The van der Waals surface area contributed by atoms with E-state index in [2.05, 4.69) is 11.9 Å². The second kappa shape index (κ2) is 7.70. The molecule has 2 aliphatic rings. The van der Waals surface area contributed by atoms with Crippen LogP contribution in [0.4, 0.5) is 5.69 Å². The smallest absolute Gasteiger partial charge is 0.282 e. The molecule has 0 unspecified atom stereocenters. The number of rotatable bonds is 4. The highest BCUT2D eigenvalue weighted by Crippen LogP contribution is 2.39. The number of hydrogen-bond acceptors (Lipinski definition) is 5. The van der Waals surface area contributed by atoms with Gasteiger partial charge in [-0.15, -0.1) is 11.3 Å². The fourth-order valence-electron chi connectivity index (χ4n) is 3.90. The zero-order valence-corrected chi connectivity index (χ0v) is 17.5. The van der Waals surface area contributed by atoms with Crippen LogP contribution in [0.25, 0.3) is 5.57 Å². The second-order valence-electron chi connectivity index (χ2n) is 7.24. The quantitative estimate of drug-likeness (QED) is 0.714. The topological polar surface area (TPSA) is 43.9 Å². The van der Waals surface area contributed by atoms with E-state index in [0.29, 0.717) is 22.0 Å². The number of nitrogens with zero attached hydrogens (tertiary/aromatic N) is 3. The molecule has 2 amide bonds. The fourth-order valence-corrected chi connectivity index (χ4v) is 4.89. The molecule has 1 saturated heterocycles. The molecular weight excluding hydrogens is 394 g/mol. The molecule has 0 bridgehead atoms. The van der Waals surface area contributed by atoms with Gasteiger partial charge in [-0.1, -0.05) is 29.8 Å². The first kappa shape index (κ1) is 19.2. The third-order valence-corrected chi connectivity index (χ3v) is 6.72. The van der Waals surface area contributed by atoms with Crippen molar-refractivity contribution >= 4 is 46.0 Å². The number of likely N-dealkylation sites (tertiary alicyclic amines) is 1. The first-order valence-electron chi connectivity index (χ1n) is 9.32. The van der Waals surface area contributed by atoms with Crippen molar-refractivity contribution in [3.63, 3.8) is 0 Å². The number of benzene rings is 1. The number of para-hydroxylation sites is 1. The monoisotopic (exact) mass is 415 g/mol. The summed E-state index contributed by atoms with van der Waals surface area (Å²) in [5.41, 5.74) is 1.38. The van der Waals surface area contributed by atoms with E-state index in [-0.39, 0.29) is 17.9 Å². The molecule has 0 atom stereocenters. The lowest BCUT2D eigenvalue weighted by molar-refractivity contribution is -0.120. The number of imide groups is 1. The number of piperidine rings is 1. The molecule has 0 saturated carbocycles. The van der Waals surface area contributed by atoms with Gasteiger partial charge in [0.25, 0.3) is 11.8 Å². The first-order valence-corrected chi connectivity index (χ1v) is 10.6. The molecule has 3 heterocycles. The average Bonchev–Trinajstić information content (AvgIpc) is 3.29. The van der Waals surface area contributed by atoms with E-state index in [1.54, 1.807) is 24.3 Å². The molecule has 1 aromatic carbocycles. The average molecular weight is 416 g/mol. The van der Waals surface area contributed by atoms with Crippen LogP contribution >= 0.6 is 22.9 Å². The van der Waals surface area contributed by atoms with Gasteiger partial charge in [-0.05, 0) is 56.6 Å². The number of hydrogen-bond donors (Lipinski definition) is 0. The van der Waals surface area contributed by atoms with Gasteiger partial charge in [-0.2, -0.15) is 0 Å². The van der Waals surface area contributed by atoms with Gasteiger partial charge in [0, 0.05) is 18.0 Å². The molecule has 1 fully saturated rings. The molecule has 7 heteroatoms. The van der Waals surface area contributed by atoms with Crippen LogP contribution in [0.3, 0.4) is 0 Å². The van der Waals surface area contributed by atoms with Crippen molar-refractivity contribution in [2.45, 2.75) is 18.9 Å². The Hall–Kier alpha value is -2.15. The molecular formula is C21H22ClN3O2S. The number of thiophene rings is 1. The Kier molecular flexibility index (Phi) is 5.27. The van der Waals surface area contributed by atoms with Crippen molar-refractivity contribution in [2.24, 2.45) is 0 Å².